The molecule has 0 unspecified atom stereocenters. The van der Waals surface area contributed by atoms with Gasteiger partial charge in [-0.25, -0.2) is 0 Å². The summed E-state index contributed by atoms with van der Waals surface area (Å²) in [6.07, 6.45) is 7.12. The summed E-state index contributed by atoms with van der Waals surface area (Å²) in [5, 5.41) is 0. The second kappa shape index (κ2) is 5.04. The summed E-state index contributed by atoms with van der Waals surface area (Å²) >= 11 is 0. The van der Waals surface area contributed by atoms with Gasteiger partial charge in [0.2, 0.25) is 0 Å². The average Bonchev–Trinajstić information content (AvgIpc) is 1.88. The van der Waals surface area contributed by atoms with E-state index in [9.17, 15) is 0 Å². The number of hydrogen-bond acceptors (Lipinski definition) is 0. The molecule has 56 valence electrons. The topological polar surface area (TPSA) is 0 Å². The summed E-state index contributed by atoms with van der Waals surface area (Å²) in [5.41, 5.74) is 2.72. The minimum absolute atomic E-state index is 0.963. The van der Waals surface area contributed by atoms with E-state index >= 15 is 0 Å². The van der Waals surface area contributed by atoms with E-state index < -0.39 is 0 Å². The highest BCUT2D eigenvalue weighted by molar-refractivity contribution is 5.21. The van der Waals surface area contributed by atoms with E-state index in [1.807, 2.05) is 6.08 Å². The monoisotopic (exact) mass is 136 g/mol. The molecule has 0 aromatic heterocycles. The predicted octanol–water partition coefficient (Wildman–Crippen LogP) is 3.48. The summed E-state index contributed by atoms with van der Waals surface area (Å²) in [4.78, 5) is 0. The van der Waals surface area contributed by atoms with Gasteiger partial charge in [-0.1, -0.05) is 29.4 Å². The summed E-state index contributed by atoms with van der Waals surface area (Å²) in [7, 11) is 0. The fraction of sp³-hybridized carbons (Fsp3) is 0.400. The van der Waals surface area contributed by atoms with Gasteiger partial charge in [0.1, 0.15) is 0 Å². The van der Waals surface area contributed by atoms with Gasteiger partial charge in [0, 0.05) is 0 Å². The van der Waals surface area contributed by atoms with Gasteiger partial charge in [0.15, 0.2) is 0 Å². The van der Waals surface area contributed by atoms with Crippen molar-refractivity contribution in [1.82, 2.24) is 0 Å². The Kier molecular flexibility index (Phi) is 4.65. The summed E-state index contributed by atoms with van der Waals surface area (Å²) in [5.74, 6) is 0. The van der Waals surface area contributed by atoms with Crippen molar-refractivity contribution < 1.29 is 0 Å². The lowest BCUT2D eigenvalue weighted by Crippen LogP contribution is -1.72. The summed E-state index contributed by atoms with van der Waals surface area (Å²) in [6.45, 7) is 9.99. The SMILES string of the molecule is C=CC/C=C/C(C)=C(C)C. The minimum atomic E-state index is 0.963. The van der Waals surface area contributed by atoms with Crippen molar-refractivity contribution >= 4 is 0 Å². The maximum atomic E-state index is 3.64. The Labute approximate surface area is 64.0 Å². The van der Waals surface area contributed by atoms with Crippen molar-refractivity contribution in [1.29, 1.82) is 0 Å². The molecule has 0 N–H and O–H groups in total. The Balaban J connectivity index is 3.89. The quantitative estimate of drug-likeness (QED) is 0.411. The van der Waals surface area contributed by atoms with E-state index in [4.69, 9.17) is 0 Å². The zero-order chi connectivity index (χ0) is 7.98. The van der Waals surface area contributed by atoms with Crippen molar-refractivity contribution in [2.75, 3.05) is 0 Å². The van der Waals surface area contributed by atoms with Crippen molar-refractivity contribution in [3.8, 4) is 0 Å². The molecule has 0 aliphatic heterocycles. The zero-order valence-electron chi connectivity index (χ0n) is 7.15. The van der Waals surface area contributed by atoms with Gasteiger partial charge in [-0.3, -0.25) is 0 Å². The molecule has 0 fully saturated rings. The van der Waals surface area contributed by atoms with Crippen LogP contribution in [0.2, 0.25) is 0 Å². The molecule has 0 aromatic carbocycles. The molecule has 0 bridgehead atoms. The van der Waals surface area contributed by atoms with E-state index in [1.54, 1.807) is 0 Å². The zero-order valence-corrected chi connectivity index (χ0v) is 7.15. The van der Waals surface area contributed by atoms with Gasteiger partial charge < -0.3 is 0 Å². The maximum absolute atomic E-state index is 3.64. The van der Waals surface area contributed by atoms with Gasteiger partial charge in [0.25, 0.3) is 0 Å². The van der Waals surface area contributed by atoms with Crippen molar-refractivity contribution in [2.24, 2.45) is 0 Å². The van der Waals surface area contributed by atoms with Gasteiger partial charge in [-0.05, 0) is 27.2 Å². The lowest BCUT2D eigenvalue weighted by atomic mass is 10.1. The first-order valence-electron chi connectivity index (χ1n) is 3.60. The molecule has 0 amide bonds. The Morgan fingerprint density at radius 3 is 2.30 bits per heavy atom. The molecule has 0 heterocycles. The van der Waals surface area contributed by atoms with Crippen LogP contribution in [-0.4, -0.2) is 0 Å². The van der Waals surface area contributed by atoms with Crippen LogP contribution >= 0.6 is 0 Å². The van der Waals surface area contributed by atoms with E-state index in [2.05, 4.69) is 39.5 Å². The van der Waals surface area contributed by atoms with E-state index in [1.165, 1.54) is 11.1 Å². The van der Waals surface area contributed by atoms with Gasteiger partial charge in [-0.15, -0.1) is 6.58 Å². The molecule has 10 heavy (non-hydrogen) atoms. The van der Waals surface area contributed by atoms with Crippen LogP contribution < -0.4 is 0 Å². The molecule has 0 saturated carbocycles. The molecule has 0 nitrogen and oxygen atoms in total. The van der Waals surface area contributed by atoms with Crippen LogP contribution in [0.15, 0.2) is 36.0 Å². The Morgan fingerprint density at radius 1 is 1.30 bits per heavy atom. The maximum Gasteiger partial charge on any atom is -0.0169 e. The molecule has 0 atom stereocenters. The highest BCUT2D eigenvalue weighted by atomic mass is 13.9. The third-order valence-corrected chi connectivity index (χ3v) is 1.46. The fourth-order valence-electron chi connectivity index (χ4n) is 0.508. The molecule has 0 aliphatic carbocycles. The van der Waals surface area contributed by atoms with Crippen LogP contribution in [0.5, 0.6) is 0 Å². The van der Waals surface area contributed by atoms with Crippen LogP contribution in [0, 0.1) is 0 Å². The highest BCUT2D eigenvalue weighted by Crippen LogP contribution is 2.03. The molecule has 0 spiro atoms. The average molecular weight is 136 g/mol. The van der Waals surface area contributed by atoms with Crippen LogP contribution in [-0.2, 0) is 0 Å². The standard InChI is InChI=1S/C10H16/c1-5-6-7-8-10(4)9(2)3/h5,7-8H,1,6H2,2-4H3/b8-7+. The summed E-state index contributed by atoms with van der Waals surface area (Å²) < 4.78 is 0. The minimum Gasteiger partial charge on any atom is -0.103 e. The van der Waals surface area contributed by atoms with E-state index in [-0.39, 0.29) is 0 Å². The summed E-state index contributed by atoms with van der Waals surface area (Å²) in [6, 6.07) is 0. The lowest BCUT2D eigenvalue weighted by Gasteiger charge is -1.93. The molecule has 0 heteroatoms. The second-order valence-electron chi connectivity index (χ2n) is 2.61. The Hall–Kier alpha value is -0.780. The Morgan fingerprint density at radius 2 is 1.90 bits per heavy atom. The molecule has 0 radical (unpaired) electrons. The third-order valence-electron chi connectivity index (χ3n) is 1.46. The van der Waals surface area contributed by atoms with E-state index in [0.717, 1.165) is 6.42 Å². The molecule has 0 aliphatic rings. The normalized spacial score (nSPS) is 9.90. The molecular formula is C10H16. The first-order chi connectivity index (χ1) is 4.68. The Bertz CT molecular complexity index is 155. The second-order valence-corrected chi connectivity index (χ2v) is 2.61. The molecule has 0 rings (SSSR count). The van der Waals surface area contributed by atoms with Gasteiger partial charge in [-0.2, -0.15) is 0 Å². The van der Waals surface area contributed by atoms with Crippen LogP contribution in [0.4, 0.5) is 0 Å². The van der Waals surface area contributed by atoms with Crippen LogP contribution in [0.3, 0.4) is 0 Å². The van der Waals surface area contributed by atoms with Crippen LogP contribution in [0.1, 0.15) is 27.2 Å². The largest absolute Gasteiger partial charge is 0.103 e. The van der Waals surface area contributed by atoms with Gasteiger partial charge >= 0.3 is 0 Å². The van der Waals surface area contributed by atoms with Crippen LogP contribution in [0.25, 0.3) is 0 Å². The number of allylic oxidation sites excluding steroid dienone is 5. The molecule has 0 aromatic rings. The van der Waals surface area contributed by atoms with Gasteiger partial charge in [0.05, 0.1) is 0 Å². The first kappa shape index (κ1) is 9.22. The van der Waals surface area contributed by atoms with Crippen molar-refractivity contribution in [3.63, 3.8) is 0 Å². The first-order valence-corrected chi connectivity index (χ1v) is 3.60. The molecule has 0 saturated heterocycles. The fourth-order valence-corrected chi connectivity index (χ4v) is 0.508. The third kappa shape index (κ3) is 4.13. The number of hydrogen-bond donors (Lipinski definition) is 0. The predicted molar refractivity (Wildman–Crippen MR) is 48.0 cm³/mol. The molecular weight excluding hydrogens is 120 g/mol. The lowest BCUT2D eigenvalue weighted by molar-refractivity contribution is 1.28. The van der Waals surface area contributed by atoms with Crippen molar-refractivity contribution in [3.05, 3.63) is 36.0 Å². The van der Waals surface area contributed by atoms with E-state index in [0.29, 0.717) is 0 Å². The van der Waals surface area contributed by atoms with Crippen molar-refractivity contribution in [2.45, 2.75) is 27.2 Å². The number of rotatable bonds is 3. The highest BCUT2D eigenvalue weighted by Gasteiger charge is 1.82. The smallest absolute Gasteiger partial charge is 0.0169 e.